The molecule has 2 N–H and O–H groups in total. The SMILES string of the molecule is COc1ccc(S(N)(=O)=O)cc1C(=O)N1CCC(CCc2ccc(C)cc2)CC1. The van der Waals surface area contributed by atoms with Crippen molar-refractivity contribution in [2.24, 2.45) is 11.1 Å². The molecule has 2 aromatic carbocycles. The summed E-state index contributed by atoms with van der Waals surface area (Å²) in [6.07, 6.45) is 4.03. The maximum absolute atomic E-state index is 13.0. The van der Waals surface area contributed by atoms with Crippen LogP contribution in [0.15, 0.2) is 47.4 Å². The number of sulfonamides is 1. The summed E-state index contributed by atoms with van der Waals surface area (Å²) < 4.78 is 28.6. The molecule has 1 aliphatic heterocycles. The number of benzene rings is 2. The van der Waals surface area contributed by atoms with E-state index < -0.39 is 10.0 Å². The van der Waals surface area contributed by atoms with Crippen LogP contribution in [-0.2, 0) is 16.4 Å². The van der Waals surface area contributed by atoms with Gasteiger partial charge in [-0.3, -0.25) is 4.79 Å². The zero-order valence-electron chi connectivity index (χ0n) is 16.9. The largest absolute Gasteiger partial charge is 0.496 e. The number of ether oxygens (including phenoxy) is 1. The van der Waals surface area contributed by atoms with Gasteiger partial charge in [0.05, 0.1) is 17.6 Å². The third-order valence-electron chi connectivity index (χ3n) is 5.59. The molecule has 0 unspecified atom stereocenters. The van der Waals surface area contributed by atoms with E-state index in [1.807, 2.05) is 0 Å². The molecule has 2 aromatic rings. The van der Waals surface area contributed by atoms with Crippen LogP contribution in [0.3, 0.4) is 0 Å². The van der Waals surface area contributed by atoms with Gasteiger partial charge in [0.1, 0.15) is 5.75 Å². The van der Waals surface area contributed by atoms with Crippen molar-refractivity contribution in [3.63, 3.8) is 0 Å². The number of primary sulfonamides is 1. The first kappa shape index (κ1) is 21.3. The average Bonchev–Trinajstić information content (AvgIpc) is 2.72. The highest BCUT2D eigenvalue weighted by Gasteiger charge is 2.26. The molecule has 1 aliphatic rings. The Morgan fingerprint density at radius 2 is 1.79 bits per heavy atom. The minimum Gasteiger partial charge on any atom is -0.496 e. The van der Waals surface area contributed by atoms with Crippen LogP contribution < -0.4 is 9.88 Å². The van der Waals surface area contributed by atoms with Crippen molar-refractivity contribution < 1.29 is 17.9 Å². The summed E-state index contributed by atoms with van der Waals surface area (Å²) in [4.78, 5) is 14.7. The molecule has 156 valence electrons. The lowest BCUT2D eigenvalue weighted by atomic mass is 9.90. The second kappa shape index (κ2) is 8.97. The minimum absolute atomic E-state index is 0.0883. The quantitative estimate of drug-likeness (QED) is 0.783. The van der Waals surface area contributed by atoms with Gasteiger partial charge in [0.25, 0.3) is 5.91 Å². The Balaban J connectivity index is 1.62. The molecule has 6 nitrogen and oxygen atoms in total. The molecule has 1 heterocycles. The molecule has 0 aromatic heterocycles. The lowest BCUT2D eigenvalue weighted by Gasteiger charge is -2.32. The number of carbonyl (C=O) groups excluding carboxylic acids is 1. The molecule has 0 bridgehead atoms. The van der Waals surface area contributed by atoms with E-state index in [0.29, 0.717) is 24.8 Å². The van der Waals surface area contributed by atoms with Gasteiger partial charge in [-0.05, 0) is 62.3 Å². The molecule has 1 amide bonds. The first-order valence-electron chi connectivity index (χ1n) is 9.83. The second-order valence-electron chi connectivity index (χ2n) is 7.67. The monoisotopic (exact) mass is 416 g/mol. The first-order chi connectivity index (χ1) is 13.8. The van der Waals surface area contributed by atoms with Gasteiger partial charge in [-0.25, -0.2) is 13.6 Å². The zero-order chi connectivity index (χ0) is 21.0. The highest BCUT2D eigenvalue weighted by atomic mass is 32.2. The number of nitrogens with two attached hydrogens (primary N) is 1. The number of rotatable bonds is 6. The van der Waals surface area contributed by atoms with E-state index in [0.717, 1.165) is 25.7 Å². The number of likely N-dealkylation sites (tertiary alicyclic amines) is 1. The topological polar surface area (TPSA) is 89.7 Å². The Hall–Kier alpha value is -2.38. The maximum Gasteiger partial charge on any atom is 0.257 e. The standard InChI is InChI=1S/C22H28N2O4S/c1-16-3-5-17(6-4-16)7-8-18-11-13-24(14-12-18)22(25)20-15-19(29(23,26)27)9-10-21(20)28-2/h3-6,9-10,15,18H,7-8,11-14H2,1-2H3,(H2,23,26,27). The number of methoxy groups -OCH3 is 1. The Morgan fingerprint density at radius 1 is 1.14 bits per heavy atom. The van der Waals surface area contributed by atoms with Crippen molar-refractivity contribution in [1.82, 2.24) is 4.90 Å². The molecule has 7 heteroatoms. The average molecular weight is 417 g/mol. The van der Waals surface area contributed by atoms with Gasteiger partial charge in [-0.15, -0.1) is 0 Å². The summed E-state index contributed by atoms with van der Waals surface area (Å²) in [5.74, 6) is 0.714. The van der Waals surface area contributed by atoms with Gasteiger partial charge in [0.15, 0.2) is 0 Å². The van der Waals surface area contributed by atoms with Crippen molar-refractivity contribution in [3.05, 3.63) is 59.2 Å². The van der Waals surface area contributed by atoms with Crippen LogP contribution in [0.25, 0.3) is 0 Å². The van der Waals surface area contributed by atoms with Crippen LogP contribution in [-0.4, -0.2) is 39.4 Å². The van der Waals surface area contributed by atoms with E-state index in [2.05, 4.69) is 31.2 Å². The third kappa shape index (κ3) is 5.36. The van der Waals surface area contributed by atoms with E-state index in [-0.39, 0.29) is 16.4 Å². The van der Waals surface area contributed by atoms with Gasteiger partial charge in [0.2, 0.25) is 10.0 Å². The van der Waals surface area contributed by atoms with Crippen LogP contribution in [0.4, 0.5) is 0 Å². The van der Waals surface area contributed by atoms with E-state index in [4.69, 9.17) is 9.88 Å². The number of aryl methyl sites for hydroxylation is 2. The second-order valence-corrected chi connectivity index (χ2v) is 9.23. The predicted octanol–water partition coefficient (Wildman–Crippen LogP) is 3.14. The van der Waals surface area contributed by atoms with Crippen molar-refractivity contribution in [3.8, 4) is 5.75 Å². The van der Waals surface area contributed by atoms with Crippen LogP contribution in [0.5, 0.6) is 5.75 Å². The fourth-order valence-electron chi connectivity index (χ4n) is 3.75. The lowest BCUT2D eigenvalue weighted by molar-refractivity contribution is 0.0683. The number of nitrogens with zero attached hydrogens (tertiary/aromatic N) is 1. The summed E-state index contributed by atoms with van der Waals surface area (Å²) in [5.41, 5.74) is 2.85. The summed E-state index contributed by atoms with van der Waals surface area (Å²) in [5, 5.41) is 5.21. The van der Waals surface area contributed by atoms with Gasteiger partial charge in [0, 0.05) is 13.1 Å². The zero-order valence-corrected chi connectivity index (χ0v) is 17.7. The van der Waals surface area contributed by atoms with Gasteiger partial charge in [-0.1, -0.05) is 29.8 Å². The van der Waals surface area contributed by atoms with Crippen LogP contribution in [0, 0.1) is 12.8 Å². The molecule has 29 heavy (non-hydrogen) atoms. The highest BCUT2D eigenvalue weighted by molar-refractivity contribution is 7.89. The van der Waals surface area contributed by atoms with Crippen molar-refractivity contribution in [2.75, 3.05) is 20.2 Å². The summed E-state index contributed by atoms with van der Waals surface area (Å²) >= 11 is 0. The highest BCUT2D eigenvalue weighted by Crippen LogP contribution is 2.27. The number of hydrogen-bond donors (Lipinski definition) is 1. The third-order valence-corrected chi connectivity index (χ3v) is 6.50. The number of amides is 1. The van der Waals surface area contributed by atoms with Crippen molar-refractivity contribution >= 4 is 15.9 Å². The fraction of sp³-hybridized carbons (Fsp3) is 0.409. The smallest absolute Gasteiger partial charge is 0.257 e. The molecular formula is C22H28N2O4S. The lowest BCUT2D eigenvalue weighted by Crippen LogP contribution is -2.38. The Kier molecular flexibility index (Phi) is 6.59. The van der Waals surface area contributed by atoms with Gasteiger partial charge >= 0.3 is 0 Å². The first-order valence-corrected chi connectivity index (χ1v) is 11.4. The minimum atomic E-state index is -3.89. The maximum atomic E-state index is 13.0. The summed E-state index contributed by atoms with van der Waals surface area (Å²) in [7, 11) is -2.43. The number of hydrogen-bond acceptors (Lipinski definition) is 4. The van der Waals surface area contributed by atoms with E-state index >= 15 is 0 Å². The molecule has 1 saturated heterocycles. The number of carbonyl (C=O) groups is 1. The molecule has 0 radical (unpaired) electrons. The molecule has 3 rings (SSSR count). The van der Waals surface area contributed by atoms with E-state index in [9.17, 15) is 13.2 Å². The Labute approximate surface area is 172 Å². The molecule has 0 atom stereocenters. The predicted molar refractivity (Wildman–Crippen MR) is 112 cm³/mol. The number of piperidine rings is 1. The van der Waals surface area contributed by atoms with Gasteiger partial charge in [-0.2, -0.15) is 0 Å². The van der Waals surface area contributed by atoms with Crippen LogP contribution in [0.2, 0.25) is 0 Å². The van der Waals surface area contributed by atoms with Crippen molar-refractivity contribution in [2.45, 2.75) is 37.5 Å². The molecule has 0 saturated carbocycles. The summed E-state index contributed by atoms with van der Waals surface area (Å²) in [6, 6.07) is 12.8. The molecular weight excluding hydrogens is 388 g/mol. The molecule has 0 spiro atoms. The molecule has 0 aliphatic carbocycles. The molecule has 1 fully saturated rings. The normalized spacial score (nSPS) is 15.3. The van der Waals surface area contributed by atoms with Crippen molar-refractivity contribution in [1.29, 1.82) is 0 Å². The van der Waals surface area contributed by atoms with E-state index in [1.54, 1.807) is 4.90 Å². The Bertz CT molecular complexity index is 963. The fourth-order valence-corrected chi connectivity index (χ4v) is 4.29. The summed E-state index contributed by atoms with van der Waals surface area (Å²) in [6.45, 7) is 3.39. The Morgan fingerprint density at radius 3 is 2.38 bits per heavy atom. The van der Waals surface area contributed by atoms with E-state index in [1.165, 1.54) is 36.4 Å². The van der Waals surface area contributed by atoms with Crippen LogP contribution >= 0.6 is 0 Å². The van der Waals surface area contributed by atoms with Gasteiger partial charge < -0.3 is 9.64 Å². The van der Waals surface area contributed by atoms with Crippen LogP contribution in [0.1, 0.15) is 40.7 Å².